The second-order valence-corrected chi connectivity index (χ2v) is 7.24. The van der Waals surface area contributed by atoms with Gasteiger partial charge in [0.25, 0.3) is 5.91 Å². The van der Waals surface area contributed by atoms with Crippen LogP contribution in [0.25, 0.3) is 11.1 Å². The van der Waals surface area contributed by atoms with Gasteiger partial charge in [-0.2, -0.15) is 11.3 Å². The van der Waals surface area contributed by atoms with Crippen molar-refractivity contribution in [2.45, 2.75) is 18.4 Å². The van der Waals surface area contributed by atoms with Gasteiger partial charge in [0.15, 0.2) is 0 Å². The highest BCUT2D eigenvalue weighted by Gasteiger charge is 2.36. The summed E-state index contributed by atoms with van der Waals surface area (Å²) >= 11 is 1.65. The molecule has 2 aromatic carbocycles. The summed E-state index contributed by atoms with van der Waals surface area (Å²) in [4.78, 5) is 12.4. The lowest BCUT2D eigenvalue weighted by molar-refractivity contribution is 0.0369. The lowest BCUT2D eigenvalue weighted by Crippen LogP contribution is -2.39. The Balaban J connectivity index is 1.44. The topological polar surface area (TPSA) is 49.3 Å². The molecule has 0 bridgehead atoms. The van der Waals surface area contributed by atoms with Crippen LogP contribution in [0.3, 0.4) is 0 Å². The fourth-order valence-electron chi connectivity index (χ4n) is 3.42. The molecule has 1 atom stereocenters. The Labute approximate surface area is 151 Å². The molecule has 126 valence electrons. The van der Waals surface area contributed by atoms with Crippen LogP contribution in [0, 0.1) is 0 Å². The second kappa shape index (κ2) is 6.47. The number of fused-ring (bicyclic) bond motifs is 1. The van der Waals surface area contributed by atoms with E-state index in [2.05, 4.69) is 16.8 Å². The maximum atomic E-state index is 12.4. The van der Waals surface area contributed by atoms with Crippen molar-refractivity contribution < 1.29 is 9.90 Å². The number of carbonyl (C=O) groups is 1. The predicted molar refractivity (Wildman–Crippen MR) is 101 cm³/mol. The van der Waals surface area contributed by atoms with E-state index in [4.69, 9.17) is 0 Å². The first kappa shape index (κ1) is 16.1. The summed E-state index contributed by atoms with van der Waals surface area (Å²) < 4.78 is 0. The maximum absolute atomic E-state index is 12.4. The highest BCUT2D eigenvalue weighted by atomic mass is 32.1. The number of carbonyl (C=O) groups excluding carboxylic acids is 1. The molecule has 1 aliphatic rings. The van der Waals surface area contributed by atoms with E-state index < -0.39 is 5.60 Å². The Hall–Kier alpha value is -2.43. The second-order valence-electron chi connectivity index (χ2n) is 6.46. The number of thiophene rings is 1. The fourth-order valence-corrected chi connectivity index (χ4v) is 4.09. The van der Waals surface area contributed by atoms with E-state index in [1.54, 1.807) is 11.3 Å². The molecule has 0 unspecified atom stereocenters. The van der Waals surface area contributed by atoms with E-state index in [0.717, 1.165) is 23.1 Å². The Kier molecular flexibility index (Phi) is 4.15. The third-order valence-corrected chi connectivity index (χ3v) is 5.55. The molecular formula is C21H19NO2S. The molecule has 25 heavy (non-hydrogen) atoms. The number of hydrogen-bond donors (Lipinski definition) is 2. The summed E-state index contributed by atoms with van der Waals surface area (Å²) in [5.74, 6) is -0.158. The molecule has 0 radical (unpaired) electrons. The van der Waals surface area contributed by atoms with Crippen molar-refractivity contribution in [2.75, 3.05) is 6.54 Å². The Morgan fingerprint density at radius 2 is 1.88 bits per heavy atom. The fraction of sp³-hybridized carbons (Fsp3) is 0.190. The highest BCUT2D eigenvalue weighted by Crippen LogP contribution is 2.36. The minimum absolute atomic E-state index is 0.158. The van der Waals surface area contributed by atoms with Crippen molar-refractivity contribution in [1.82, 2.24) is 5.32 Å². The van der Waals surface area contributed by atoms with E-state index in [1.165, 1.54) is 5.56 Å². The number of nitrogens with one attached hydrogen (secondary N) is 1. The van der Waals surface area contributed by atoms with Crippen molar-refractivity contribution in [3.63, 3.8) is 0 Å². The smallest absolute Gasteiger partial charge is 0.251 e. The van der Waals surface area contributed by atoms with Crippen molar-refractivity contribution in [3.05, 3.63) is 82.0 Å². The van der Waals surface area contributed by atoms with Gasteiger partial charge in [-0.15, -0.1) is 0 Å². The van der Waals surface area contributed by atoms with Gasteiger partial charge in [0.2, 0.25) is 0 Å². The van der Waals surface area contributed by atoms with Crippen molar-refractivity contribution >= 4 is 17.2 Å². The van der Waals surface area contributed by atoms with Gasteiger partial charge in [0.1, 0.15) is 5.60 Å². The van der Waals surface area contributed by atoms with Crippen LogP contribution >= 0.6 is 11.3 Å². The summed E-state index contributed by atoms with van der Waals surface area (Å²) in [6, 6.07) is 17.5. The molecule has 4 heteroatoms. The van der Waals surface area contributed by atoms with Gasteiger partial charge in [0, 0.05) is 5.56 Å². The Morgan fingerprint density at radius 3 is 2.64 bits per heavy atom. The van der Waals surface area contributed by atoms with Gasteiger partial charge in [-0.05, 0) is 64.1 Å². The summed E-state index contributed by atoms with van der Waals surface area (Å²) in [5, 5.41) is 17.9. The molecule has 0 aliphatic heterocycles. The van der Waals surface area contributed by atoms with Gasteiger partial charge in [-0.3, -0.25) is 4.79 Å². The van der Waals surface area contributed by atoms with Gasteiger partial charge in [-0.25, -0.2) is 0 Å². The summed E-state index contributed by atoms with van der Waals surface area (Å²) in [5.41, 5.74) is 3.99. The molecule has 1 heterocycles. The zero-order valence-corrected chi connectivity index (χ0v) is 14.6. The molecule has 3 aromatic rings. The van der Waals surface area contributed by atoms with Crippen molar-refractivity contribution in [2.24, 2.45) is 0 Å². The van der Waals surface area contributed by atoms with E-state index in [0.29, 0.717) is 12.0 Å². The van der Waals surface area contributed by atoms with Crippen LogP contribution in [0.4, 0.5) is 0 Å². The van der Waals surface area contributed by atoms with Crippen LogP contribution in [0.1, 0.15) is 27.9 Å². The third kappa shape index (κ3) is 3.11. The van der Waals surface area contributed by atoms with Gasteiger partial charge < -0.3 is 10.4 Å². The average Bonchev–Trinajstić information content (AvgIpc) is 3.30. The van der Waals surface area contributed by atoms with Crippen LogP contribution in [-0.2, 0) is 12.0 Å². The van der Waals surface area contributed by atoms with Gasteiger partial charge in [-0.1, -0.05) is 36.4 Å². The molecule has 0 fully saturated rings. The van der Waals surface area contributed by atoms with Gasteiger partial charge >= 0.3 is 0 Å². The zero-order valence-electron chi connectivity index (χ0n) is 13.7. The summed E-state index contributed by atoms with van der Waals surface area (Å²) in [7, 11) is 0. The van der Waals surface area contributed by atoms with Crippen LogP contribution in [0.5, 0.6) is 0 Å². The normalized spacial score (nSPS) is 18.8. The molecule has 2 N–H and O–H groups in total. The number of amides is 1. The molecule has 0 saturated carbocycles. The Bertz CT molecular complexity index is 887. The lowest BCUT2D eigenvalue weighted by Gasteiger charge is -2.24. The minimum Gasteiger partial charge on any atom is -0.383 e. The first-order valence-electron chi connectivity index (χ1n) is 8.37. The van der Waals surface area contributed by atoms with Gasteiger partial charge in [0.05, 0.1) is 6.54 Å². The molecule has 0 saturated heterocycles. The number of rotatable bonds is 4. The van der Waals surface area contributed by atoms with Crippen molar-refractivity contribution in [3.8, 4) is 11.1 Å². The first-order chi connectivity index (χ1) is 12.2. The largest absolute Gasteiger partial charge is 0.383 e. The maximum Gasteiger partial charge on any atom is 0.251 e. The Morgan fingerprint density at radius 1 is 1.08 bits per heavy atom. The van der Waals surface area contributed by atoms with E-state index >= 15 is 0 Å². The molecular weight excluding hydrogens is 330 g/mol. The van der Waals surface area contributed by atoms with Crippen LogP contribution in [0.15, 0.2) is 65.4 Å². The molecule has 1 aromatic heterocycles. The van der Waals surface area contributed by atoms with E-state index in [1.807, 2.05) is 53.9 Å². The molecule has 0 spiro atoms. The summed E-state index contributed by atoms with van der Waals surface area (Å²) in [6.07, 6.45) is 1.49. The highest BCUT2D eigenvalue weighted by molar-refractivity contribution is 7.08. The predicted octanol–water partition coefficient (Wildman–Crippen LogP) is 3.98. The number of hydrogen-bond acceptors (Lipinski definition) is 3. The van der Waals surface area contributed by atoms with E-state index in [-0.39, 0.29) is 12.5 Å². The summed E-state index contributed by atoms with van der Waals surface area (Å²) in [6.45, 7) is 0.231. The number of benzene rings is 2. The standard InChI is InChI=1S/C21H19NO2S/c23-20(17-7-5-15(6-8-17)18-10-12-25-13-18)22-14-21(24)11-9-16-3-1-2-4-19(16)21/h1-8,10,12-13,24H,9,11,14H2,(H,22,23)/t21-/m1/s1. The quantitative estimate of drug-likeness (QED) is 0.748. The van der Waals surface area contributed by atoms with E-state index in [9.17, 15) is 9.90 Å². The molecule has 4 rings (SSSR count). The van der Waals surface area contributed by atoms with Crippen LogP contribution in [-0.4, -0.2) is 17.6 Å². The SMILES string of the molecule is O=C(NC[C@]1(O)CCc2ccccc21)c1ccc(-c2ccsc2)cc1. The molecule has 1 aliphatic carbocycles. The molecule has 3 nitrogen and oxygen atoms in total. The number of aliphatic hydroxyl groups is 1. The monoisotopic (exact) mass is 349 g/mol. The lowest BCUT2D eigenvalue weighted by atomic mass is 9.96. The van der Waals surface area contributed by atoms with Crippen molar-refractivity contribution in [1.29, 1.82) is 0 Å². The molecule has 1 amide bonds. The average molecular weight is 349 g/mol. The minimum atomic E-state index is -0.969. The zero-order chi connectivity index (χ0) is 17.3. The first-order valence-corrected chi connectivity index (χ1v) is 9.32. The third-order valence-electron chi connectivity index (χ3n) is 4.87. The number of aryl methyl sites for hydroxylation is 1. The van der Waals surface area contributed by atoms with Crippen LogP contribution < -0.4 is 5.32 Å². The van der Waals surface area contributed by atoms with Crippen LogP contribution in [0.2, 0.25) is 0 Å².